The minimum absolute atomic E-state index is 0.435. The third kappa shape index (κ3) is 1.49. The molecule has 4 N–H and O–H groups in total. The lowest BCUT2D eigenvalue weighted by molar-refractivity contribution is 0.100. The highest BCUT2D eigenvalue weighted by Crippen LogP contribution is 2.29. The second-order valence-corrected chi connectivity index (χ2v) is 4.31. The second kappa shape index (κ2) is 3.74. The number of amides is 1. The fourth-order valence-corrected chi connectivity index (χ4v) is 2.27. The van der Waals surface area contributed by atoms with Crippen LogP contribution in [0.25, 0.3) is 21.5 Å². The first-order valence-corrected chi connectivity index (χ1v) is 5.67. The average molecular weight is 236 g/mol. The van der Waals surface area contributed by atoms with Crippen LogP contribution in [0.5, 0.6) is 0 Å². The number of hydrogen-bond acceptors (Lipinski definition) is 2. The Hall–Kier alpha value is -2.55. The lowest BCUT2D eigenvalue weighted by Crippen LogP contribution is -2.11. The highest BCUT2D eigenvalue weighted by atomic mass is 16.1. The highest BCUT2D eigenvalue weighted by Gasteiger charge is 2.09. The Balaban J connectivity index is 2.52. The summed E-state index contributed by atoms with van der Waals surface area (Å²) in [7, 11) is 0. The number of benzene rings is 3. The molecule has 0 aliphatic heterocycles. The topological polar surface area (TPSA) is 69.1 Å². The molecule has 0 unspecified atom stereocenters. The molecule has 3 nitrogen and oxygen atoms in total. The van der Waals surface area contributed by atoms with Crippen LogP contribution < -0.4 is 11.5 Å². The van der Waals surface area contributed by atoms with Crippen LogP contribution in [0, 0.1) is 0 Å². The lowest BCUT2D eigenvalue weighted by Gasteiger charge is -2.08. The van der Waals surface area contributed by atoms with Gasteiger partial charge in [-0.25, -0.2) is 0 Å². The molecule has 3 heteroatoms. The van der Waals surface area contributed by atoms with Crippen molar-refractivity contribution < 1.29 is 4.79 Å². The van der Waals surface area contributed by atoms with Crippen LogP contribution in [-0.2, 0) is 0 Å². The molecule has 0 aliphatic rings. The smallest absolute Gasteiger partial charge is 0.249 e. The van der Waals surface area contributed by atoms with E-state index in [9.17, 15) is 4.79 Å². The van der Waals surface area contributed by atoms with E-state index in [1.165, 1.54) is 0 Å². The molecule has 3 rings (SSSR count). The van der Waals surface area contributed by atoms with Crippen LogP contribution in [-0.4, -0.2) is 5.91 Å². The first-order chi connectivity index (χ1) is 8.66. The van der Waals surface area contributed by atoms with Gasteiger partial charge >= 0.3 is 0 Å². The van der Waals surface area contributed by atoms with Gasteiger partial charge in [-0.1, -0.05) is 24.3 Å². The molecule has 0 fully saturated rings. The molecule has 0 bridgehead atoms. The maximum Gasteiger partial charge on any atom is 0.249 e. The van der Waals surface area contributed by atoms with E-state index in [0.717, 1.165) is 21.5 Å². The van der Waals surface area contributed by atoms with Gasteiger partial charge in [0.2, 0.25) is 5.91 Å². The van der Waals surface area contributed by atoms with Crippen molar-refractivity contribution in [3.05, 3.63) is 54.1 Å². The van der Waals surface area contributed by atoms with E-state index in [1.54, 1.807) is 12.1 Å². The minimum atomic E-state index is -0.435. The number of carbonyl (C=O) groups is 1. The van der Waals surface area contributed by atoms with Crippen molar-refractivity contribution in [3.8, 4) is 0 Å². The van der Waals surface area contributed by atoms with Crippen LogP contribution >= 0.6 is 0 Å². The van der Waals surface area contributed by atoms with Gasteiger partial charge in [-0.2, -0.15) is 0 Å². The van der Waals surface area contributed by atoms with Gasteiger partial charge in [-0.05, 0) is 40.4 Å². The molecule has 0 saturated heterocycles. The predicted molar refractivity (Wildman–Crippen MR) is 74.4 cm³/mol. The minimum Gasteiger partial charge on any atom is -0.398 e. The molecule has 0 radical (unpaired) electrons. The normalized spacial score (nSPS) is 10.9. The quantitative estimate of drug-likeness (QED) is 0.503. The Bertz CT molecular complexity index is 778. The number of hydrogen-bond donors (Lipinski definition) is 2. The number of carbonyl (C=O) groups excluding carboxylic acids is 1. The number of fused-ring (bicyclic) bond motifs is 2. The van der Waals surface area contributed by atoms with Gasteiger partial charge in [0.25, 0.3) is 0 Å². The average Bonchev–Trinajstić information content (AvgIpc) is 2.37. The van der Waals surface area contributed by atoms with Crippen LogP contribution in [0.1, 0.15) is 10.4 Å². The van der Waals surface area contributed by atoms with E-state index in [4.69, 9.17) is 11.5 Å². The summed E-state index contributed by atoms with van der Waals surface area (Å²) in [6, 6.07) is 15.3. The van der Waals surface area contributed by atoms with E-state index in [-0.39, 0.29) is 0 Å². The summed E-state index contributed by atoms with van der Waals surface area (Å²) < 4.78 is 0. The lowest BCUT2D eigenvalue weighted by atomic mass is 9.98. The number of primary amides is 1. The summed E-state index contributed by atoms with van der Waals surface area (Å²) >= 11 is 0. The van der Waals surface area contributed by atoms with Crippen molar-refractivity contribution in [2.24, 2.45) is 5.73 Å². The largest absolute Gasteiger partial charge is 0.398 e. The number of anilines is 1. The maximum absolute atomic E-state index is 11.4. The van der Waals surface area contributed by atoms with Gasteiger partial charge in [0, 0.05) is 16.6 Å². The molecule has 1 amide bonds. The summed E-state index contributed by atoms with van der Waals surface area (Å²) in [6.45, 7) is 0. The van der Waals surface area contributed by atoms with Crippen molar-refractivity contribution in [2.45, 2.75) is 0 Å². The van der Waals surface area contributed by atoms with Crippen LogP contribution in [0.4, 0.5) is 5.69 Å². The standard InChI is InChI=1S/C15H12N2O/c16-14-6-5-11(15(17)18)12-7-9-3-1-2-4-10(9)8-13(12)14/h1-8H,16H2,(H2,17,18). The monoisotopic (exact) mass is 236 g/mol. The molecule has 0 spiro atoms. The summed E-state index contributed by atoms with van der Waals surface area (Å²) in [5, 5.41) is 3.84. The molecule has 0 atom stereocenters. The summed E-state index contributed by atoms with van der Waals surface area (Å²) in [5.74, 6) is -0.435. The van der Waals surface area contributed by atoms with Gasteiger partial charge in [-0.3, -0.25) is 4.79 Å². The third-order valence-electron chi connectivity index (χ3n) is 3.18. The molecule has 0 aromatic heterocycles. The molecule has 0 heterocycles. The molecule has 3 aromatic carbocycles. The maximum atomic E-state index is 11.4. The van der Waals surface area contributed by atoms with E-state index < -0.39 is 5.91 Å². The molecule has 0 saturated carbocycles. The summed E-state index contributed by atoms with van der Waals surface area (Å²) in [5.41, 5.74) is 12.5. The first-order valence-electron chi connectivity index (χ1n) is 5.67. The first kappa shape index (κ1) is 10.6. The predicted octanol–water partition coefficient (Wildman–Crippen LogP) is 2.67. The van der Waals surface area contributed by atoms with Crippen LogP contribution in [0.15, 0.2) is 48.5 Å². The van der Waals surface area contributed by atoms with Crippen molar-refractivity contribution in [3.63, 3.8) is 0 Å². The van der Waals surface area contributed by atoms with E-state index in [2.05, 4.69) is 0 Å². The molecular formula is C15H12N2O. The van der Waals surface area contributed by atoms with Crippen molar-refractivity contribution >= 4 is 33.1 Å². The van der Waals surface area contributed by atoms with Gasteiger partial charge in [-0.15, -0.1) is 0 Å². The fourth-order valence-electron chi connectivity index (χ4n) is 2.27. The number of nitrogen functional groups attached to an aromatic ring is 1. The molecule has 18 heavy (non-hydrogen) atoms. The zero-order valence-electron chi connectivity index (χ0n) is 9.68. The zero-order valence-corrected chi connectivity index (χ0v) is 9.68. The Kier molecular flexibility index (Phi) is 2.20. The summed E-state index contributed by atoms with van der Waals surface area (Å²) in [4.78, 5) is 11.4. The Morgan fingerprint density at radius 1 is 0.889 bits per heavy atom. The highest BCUT2D eigenvalue weighted by molar-refractivity contribution is 6.13. The van der Waals surface area contributed by atoms with E-state index in [1.807, 2.05) is 36.4 Å². The van der Waals surface area contributed by atoms with Gasteiger partial charge in [0.05, 0.1) is 0 Å². The van der Waals surface area contributed by atoms with E-state index in [0.29, 0.717) is 11.3 Å². The number of nitrogens with two attached hydrogens (primary N) is 2. The van der Waals surface area contributed by atoms with Gasteiger partial charge in [0.1, 0.15) is 0 Å². The number of rotatable bonds is 1. The van der Waals surface area contributed by atoms with Crippen molar-refractivity contribution in [1.29, 1.82) is 0 Å². The van der Waals surface area contributed by atoms with Crippen LogP contribution in [0.2, 0.25) is 0 Å². The van der Waals surface area contributed by atoms with Gasteiger partial charge in [0.15, 0.2) is 0 Å². The fraction of sp³-hybridized carbons (Fsp3) is 0. The Morgan fingerprint density at radius 2 is 1.50 bits per heavy atom. The molecule has 88 valence electrons. The zero-order chi connectivity index (χ0) is 12.7. The summed E-state index contributed by atoms with van der Waals surface area (Å²) in [6.07, 6.45) is 0. The molecule has 3 aromatic rings. The van der Waals surface area contributed by atoms with Gasteiger partial charge < -0.3 is 11.5 Å². The van der Waals surface area contributed by atoms with Crippen molar-refractivity contribution in [1.82, 2.24) is 0 Å². The Morgan fingerprint density at radius 3 is 2.11 bits per heavy atom. The third-order valence-corrected chi connectivity index (χ3v) is 3.18. The molecule has 0 aliphatic carbocycles. The molecular weight excluding hydrogens is 224 g/mol. The van der Waals surface area contributed by atoms with Crippen LogP contribution in [0.3, 0.4) is 0 Å². The second-order valence-electron chi connectivity index (χ2n) is 4.31. The SMILES string of the molecule is NC(=O)c1ccc(N)c2cc3ccccc3cc12. The van der Waals surface area contributed by atoms with Crippen molar-refractivity contribution in [2.75, 3.05) is 5.73 Å². The Labute approximate surface area is 104 Å². The van der Waals surface area contributed by atoms with E-state index >= 15 is 0 Å².